The third kappa shape index (κ3) is 1.98. The van der Waals surface area contributed by atoms with Gasteiger partial charge in [0.25, 0.3) is 0 Å². The Bertz CT molecular complexity index is 1200. The summed E-state index contributed by atoms with van der Waals surface area (Å²) in [4.78, 5) is 3.62. The molecule has 0 aliphatic carbocycles. The maximum atomic E-state index is 3.91. The van der Waals surface area contributed by atoms with Crippen LogP contribution in [0.4, 0.5) is 0 Å². The van der Waals surface area contributed by atoms with Crippen LogP contribution >= 0.6 is 15.9 Å². The molecule has 0 saturated heterocycles. The molecule has 1 aromatic heterocycles. The lowest BCUT2D eigenvalue weighted by atomic mass is 10.00. The van der Waals surface area contributed by atoms with Gasteiger partial charge in [-0.1, -0.05) is 61.2 Å². The van der Waals surface area contributed by atoms with Gasteiger partial charge in [-0.3, -0.25) is 0 Å². The molecule has 0 radical (unpaired) electrons. The number of H-pyrrole nitrogens is 1. The topological polar surface area (TPSA) is 15.8 Å². The van der Waals surface area contributed by atoms with Crippen LogP contribution in [0.2, 0.25) is 0 Å². The summed E-state index contributed by atoms with van der Waals surface area (Å²) in [6.07, 6.45) is 6.17. The molecule has 112 valence electrons. The molecule has 0 saturated carbocycles. The maximum Gasteiger partial charge on any atom is 0.0609 e. The van der Waals surface area contributed by atoms with E-state index in [9.17, 15) is 0 Å². The summed E-state index contributed by atoms with van der Waals surface area (Å²) in [5.41, 5.74) is 2.32. The smallest absolute Gasteiger partial charge is 0.0609 e. The molecule has 0 spiro atoms. The highest BCUT2D eigenvalue weighted by molar-refractivity contribution is 9.10. The van der Waals surface area contributed by atoms with Crippen molar-refractivity contribution in [3.63, 3.8) is 0 Å². The van der Waals surface area contributed by atoms with Crippen molar-refractivity contribution in [3.8, 4) is 0 Å². The summed E-state index contributed by atoms with van der Waals surface area (Å²) < 4.78 is 1.09. The van der Waals surface area contributed by atoms with Gasteiger partial charge in [-0.15, -0.1) is 0 Å². The Balaban J connectivity index is 2.50. The molecular weight excluding hydrogens is 346 g/mol. The number of nitrogens with one attached hydrogen (secondary N) is 1. The zero-order valence-electron chi connectivity index (χ0n) is 12.9. The Morgan fingerprint density at radius 2 is 1.65 bits per heavy atom. The third-order valence-corrected chi connectivity index (χ3v) is 5.06. The largest absolute Gasteiger partial charge is 0.353 e. The lowest BCUT2D eigenvalue weighted by Gasteiger charge is -2.04. The Morgan fingerprint density at radius 3 is 2.39 bits per heavy atom. The summed E-state index contributed by atoms with van der Waals surface area (Å²) in [6.45, 7) is 6.01. The van der Waals surface area contributed by atoms with E-state index in [1.807, 2.05) is 6.08 Å². The van der Waals surface area contributed by atoms with Crippen LogP contribution in [-0.2, 0) is 0 Å². The zero-order valence-corrected chi connectivity index (χ0v) is 14.4. The van der Waals surface area contributed by atoms with Crippen LogP contribution < -0.4 is 10.4 Å². The number of para-hydroxylation sites is 1. The minimum absolute atomic E-state index is 1.09. The number of hydrogen-bond acceptors (Lipinski definition) is 0. The van der Waals surface area contributed by atoms with Crippen molar-refractivity contribution in [2.24, 2.45) is 0 Å². The Hall–Kier alpha value is -2.32. The van der Waals surface area contributed by atoms with Crippen LogP contribution in [0.5, 0.6) is 0 Å². The van der Waals surface area contributed by atoms with E-state index in [0.717, 1.165) is 9.99 Å². The van der Waals surface area contributed by atoms with Gasteiger partial charge in [0.15, 0.2) is 0 Å². The van der Waals surface area contributed by atoms with Gasteiger partial charge in [-0.25, -0.2) is 0 Å². The van der Waals surface area contributed by atoms with Gasteiger partial charge in [-0.05, 0) is 44.7 Å². The van der Waals surface area contributed by atoms with Gasteiger partial charge in [-0.2, -0.15) is 0 Å². The van der Waals surface area contributed by atoms with Crippen molar-refractivity contribution < 1.29 is 0 Å². The lowest BCUT2D eigenvalue weighted by molar-refractivity contribution is 1.53. The fraction of sp³-hybridized carbons (Fsp3) is 0.0476. The molecule has 0 amide bonds. The number of allylic oxidation sites excluding steroid dienone is 1. The summed E-state index contributed by atoms with van der Waals surface area (Å²) in [7, 11) is 0. The molecule has 0 unspecified atom stereocenters. The van der Waals surface area contributed by atoms with Crippen molar-refractivity contribution >= 4 is 60.7 Å². The quantitative estimate of drug-likeness (QED) is 0.490. The van der Waals surface area contributed by atoms with E-state index in [1.165, 1.54) is 37.5 Å². The number of aromatic nitrogens is 1. The van der Waals surface area contributed by atoms with Gasteiger partial charge in [0, 0.05) is 20.6 Å². The van der Waals surface area contributed by atoms with E-state index < -0.39 is 0 Å². The molecule has 1 N–H and O–H groups in total. The number of fused-ring (bicyclic) bond motifs is 5. The van der Waals surface area contributed by atoms with Crippen molar-refractivity contribution in [2.75, 3.05) is 0 Å². The fourth-order valence-electron chi connectivity index (χ4n) is 3.48. The van der Waals surface area contributed by atoms with Crippen LogP contribution in [0.25, 0.3) is 44.7 Å². The van der Waals surface area contributed by atoms with Gasteiger partial charge in [0.2, 0.25) is 0 Å². The number of hydrogen-bond donors (Lipinski definition) is 1. The van der Waals surface area contributed by atoms with Crippen LogP contribution in [0, 0.1) is 0 Å². The summed E-state index contributed by atoms with van der Waals surface area (Å²) in [6, 6.07) is 14.9. The summed E-state index contributed by atoms with van der Waals surface area (Å²) >= 11 is 3.67. The van der Waals surface area contributed by atoms with E-state index in [1.54, 1.807) is 0 Å². The molecule has 4 aromatic rings. The highest BCUT2D eigenvalue weighted by atomic mass is 79.9. The van der Waals surface area contributed by atoms with Crippen molar-refractivity contribution in [1.82, 2.24) is 4.98 Å². The number of aromatic amines is 1. The second kappa shape index (κ2) is 5.39. The molecule has 0 aliphatic heterocycles. The number of halogens is 1. The van der Waals surface area contributed by atoms with Crippen molar-refractivity contribution in [2.45, 2.75) is 6.92 Å². The zero-order chi connectivity index (χ0) is 16.0. The molecule has 0 atom stereocenters. The average Bonchev–Trinajstić information content (AvgIpc) is 2.96. The molecule has 1 heterocycles. The maximum absolute atomic E-state index is 3.91. The van der Waals surface area contributed by atoms with Crippen LogP contribution in [0.15, 0.2) is 59.6 Å². The second-order valence-corrected chi connectivity index (χ2v) is 6.46. The van der Waals surface area contributed by atoms with E-state index in [2.05, 4.69) is 89.0 Å². The molecule has 2 heteroatoms. The van der Waals surface area contributed by atoms with Gasteiger partial charge >= 0.3 is 0 Å². The third-order valence-electron chi connectivity index (χ3n) is 4.40. The first-order chi connectivity index (χ1) is 11.3. The van der Waals surface area contributed by atoms with Crippen LogP contribution in [0.1, 0.15) is 6.92 Å². The Kier molecular flexibility index (Phi) is 3.35. The number of benzene rings is 3. The second-order valence-electron chi connectivity index (χ2n) is 5.60. The Morgan fingerprint density at radius 1 is 0.913 bits per heavy atom. The average molecular weight is 362 g/mol. The summed E-state index contributed by atoms with van der Waals surface area (Å²) in [5.74, 6) is 0. The molecule has 1 nitrogen and oxygen atoms in total. The standard InChI is InChI=1S/C21H16BrN/c1-3-8-15-13(4-2)14-9-5-6-10-16(14)21-19(15)17-11-7-12-18(22)20(17)23-21/h3-12,23H,1H2,2H3/b13-4-,15-8+. The van der Waals surface area contributed by atoms with E-state index >= 15 is 0 Å². The van der Waals surface area contributed by atoms with Crippen molar-refractivity contribution in [3.05, 3.63) is 70.0 Å². The van der Waals surface area contributed by atoms with E-state index in [-0.39, 0.29) is 0 Å². The predicted octanol–water partition coefficient (Wildman–Crippen LogP) is 5.00. The highest BCUT2D eigenvalue weighted by Crippen LogP contribution is 2.31. The normalized spacial score (nSPS) is 13.5. The van der Waals surface area contributed by atoms with E-state index in [4.69, 9.17) is 0 Å². The van der Waals surface area contributed by atoms with Crippen LogP contribution in [0.3, 0.4) is 0 Å². The monoisotopic (exact) mass is 361 g/mol. The van der Waals surface area contributed by atoms with Gasteiger partial charge in [0.1, 0.15) is 0 Å². The van der Waals surface area contributed by atoms with E-state index in [0.29, 0.717) is 0 Å². The van der Waals surface area contributed by atoms with Gasteiger partial charge < -0.3 is 4.98 Å². The molecule has 0 fully saturated rings. The molecule has 4 rings (SSSR count). The molecule has 0 aliphatic rings. The first kappa shape index (κ1) is 14.3. The minimum Gasteiger partial charge on any atom is -0.353 e. The molecule has 3 aromatic carbocycles. The summed E-state index contributed by atoms with van der Waals surface area (Å²) in [5, 5.41) is 7.48. The number of rotatable bonds is 1. The fourth-order valence-corrected chi connectivity index (χ4v) is 3.95. The Labute approximate surface area is 142 Å². The van der Waals surface area contributed by atoms with Crippen molar-refractivity contribution in [1.29, 1.82) is 0 Å². The molecule has 23 heavy (non-hydrogen) atoms. The SMILES string of the molecule is C=C/C=c1\c(=C/C)c2ccccc2c2[nH]c3c(Br)cccc3c12. The predicted molar refractivity (Wildman–Crippen MR) is 105 cm³/mol. The van der Waals surface area contributed by atoms with Crippen LogP contribution in [-0.4, -0.2) is 4.98 Å². The first-order valence-corrected chi connectivity index (χ1v) is 8.45. The minimum atomic E-state index is 1.09. The lowest BCUT2D eigenvalue weighted by Crippen LogP contribution is -2.25. The van der Waals surface area contributed by atoms with Gasteiger partial charge in [0.05, 0.1) is 11.0 Å². The highest BCUT2D eigenvalue weighted by Gasteiger charge is 2.12. The first-order valence-electron chi connectivity index (χ1n) is 7.66. The molecular formula is C21H16BrN. The molecule has 0 bridgehead atoms.